The summed E-state index contributed by atoms with van der Waals surface area (Å²) in [5.41, 5.74) is 7.57. The van der Waals surface area contributed by atoms with E-state index in [0.717, 1.165) is 13.0 Å². The number of carbonyl (C=O) groups is 2. The molecule has 2 heterocycles. The van der Waals surface area contributed by atoms with Crippen LogP contribution >= 0.6 is 0 Å². The van der Waals surface area contributed by atoms with E-state index in [2.05, 4.69) is 20.5 Å². The number of nitrogen functional groups attached to an aromatic ring is 1. The topological polar surface area (TPSA) is 100 Å². The van der Waals surface area contributed by atoms with Gasteiger partial charge in [-0.05, 0) is 43.5 Å². The molecule has 29 heavy (non-hydrogen) atoms. The molecule has 0 bridgehead atoms. The van der Waals surface area contributed by atoms with E-state index in [4.69, 9.17) is 5.73 Å². The zero-order valence-corrected chi connectivity index (χ0v) is 16.4. The number of nitrogens with one attached hydrogen (secondary N) is 2. The molecule has 2 aromatic rings. The lowest BCUT2D eigenvalue weighted by Crippen LogP contribution is -2.56. The number of amides is 2. The molecule has 0 spiro atoms. The van der Waals surface area contributed by atoms with Crippen molar-refractivity contribution in [1.29, 1.82) is 0 Å². The van der Waals surface area contributed by atoms with Crippen molar-refractivity contribution in [2.45, 2.75) is 44.2 Å². The molecule has 2 aliphatic rings. The first-order valence-corrected chi connectivity index (χ1v) is 10.3. The van der Waals surface area contributed by atoms with Crippen molar-refractivity contribution in [3.8, 4) is 0 Å². The van der Waals surface area contributed by atoms with Crippen molar-refractivity contribution in [1.82, 2.24) is 15.2 Å². The predicted octanol–water partition coefficient (Wildman–Crippen LogP) is 2.66. The van der Waals surface area contributed by atoms with Crippen molar-refractivity contribution in [2.24, 2.45) is 0 Å². The van der Waals surface area contributed by atoms with Gasteiger partial charge < -0.3 is 16.4 Å². The van der Waals surface area contributed by atoms with Gasteiger partial charge in [-0.25, -0.2) is 0 Å². The number of anilines is 2. The van der Waals surface area contributed by atoms with Gasteiger partial charge in [-0.3, -0.25) is 19.5 Å². The predicted molar refractivity (Wildman–Crippen MR) is 113 cm³/mol. The van der Waals surface area contributed by atoms with Crippen LogP contribution in [0.1, 0.15) is 53.0 Å². The Hall–Kier alpha value is -2.93. The van der Waals surface area contributed by atoms with Crippen LogP contribution < -0.4 is 16.4 Å². The highest BCUT2D eigenvalue weighted by molar-refractivity contribution is 6.05. The van der Waals surface area contributed by atoms with Gasteiger partial charge in [0.25, 0.3) is 11.8 Å². The Morgan fingerprint density at radius 2 is 1.86 bits per heavy atom. The monoisotopic (exact) mass is 393 g/mol. The van der Waals surface area contributed by atoms with E-state index in [-0.39, 0.29) is 11.8 Å². The van der Waals surface area contributed by atoms with Crippen LogP contribution in [0.4, 0.5) is 11.4 Å². The van der Waals surface area contributed by atoms with Crippen molar-refractivity contribution in [3.05, 3.63) is 53.9 Å². The van der Waals surface area contributed by atoms with E-state index in [9.17, 15) is 9.59 Å². The lowest BCUT2D eigenvalue weighted by atomic mass is 9.98. The number of rotatable bonds is 6. The second-order valence-electron chi connectivity index (χ2n) is 7.80. The first-order chi connectivity index (χ1) is 14.1. The summed E-state index contributed by atoms with van der Waals surface area (Å²) >= 11 is 0. The summed E-state index contributed by atoms with van der Waals surface area (Å²) in [6.45, 7) is 1.78. The SMILES string of the molecule is Nc1ccccc1NC(=O)c1ccc(C(=O)NCC2CCN2C2CCCC2)nc1. The van der Waals surface area contributed by atoms with Gasteiger partial charge in [-0.15, -0.1) is 0 Å². The van der Waals surface area contributed by atoms with E-state index in [1.807, 2.05) is 0 Å². The number of nitrogens with two attached hydrogens (primary N) is 1. The molecule has 4 N–H and O–H groups in total. The summed E-state index contributed by atoms with van der Waals surface area (Å²) < 4.78 is 0. The van der Waals surface area contributed by atoms with Gasteiger partial charge >= 0.3 is 0 Å². The zero-order chi connectivity index (χ0) is 20.2. The summed E-state index contributed by atoms with van der Waals surface area (Å²) in [5, 5.41) is 5.74. The minimum absolute atomic E-state index is 0.206. The maximum Gasteiger partial charge on any atom is 0.269 e. The molecule has 4 rings (SSSR count). The summed E-state index contributed by atoms with van der Waals surface area (Å²) in [6.07, 6.45) is 7.75. The standard InChI is InChI=1S/C22H27N5O2/c23-18-7-3-4-8-19(18)26-21(28)15-9-10-20(24-13-15)22(29)25-14-17-11-12-27(17)16-5-1-2-6-16/h3-4,7-10,13,16-17H,1-2,5-6,11-12,14,23H2,(H,25,29)(H,26,28). The molecule has 1 atom stereocenters. The van der Waals surface area contributed by atoms with Crippen LogP contribution in [0.15, 0.2) is 42.6 Å². The molecule has 1 aromatic heterocycles. The van der Waals surface area contributed by atoms with Gasteiger partial charge in [0.05, 0.1) is 16.9 Å². The molecule has 2 fully saturated rings. The van der Waals surface area contributed by atoms with Gasteiger partial charge in [-0.1, -0.05) is 25.0 Å². The number of para-hydroxylation sites is 2. The number of hydrogen-bond donors (Lipinski definition) is 3. The average molecular weight is 393 g/mol. The highest BCUT2D eigenvalue weighted by Crippen LogP contribution is 2.30. The normalized spacial score (nSPS) is 19.5. The highest BCUT2D eigenvalue weighted by atomic mass is 16.2. The molecule has 1 aromatic carbocycles. The molecule has 1 saturated carbocycles. The summed E-state index contributed by atoms with van der Waals surface area (Å²) in [4.78, 5) is 31.5. The Morgan fingerprint density at radius 3 is 2.52 bits per heavy atom. The Labute approximate surface area is 170 Å². The number of carbonyl (C=O) groups excluding carboxylic acids is 2. The quantitative estimate of drug-likeness (QED) is 0.655. The number of aromatic nitrogens is 1. The van der Waals surface area contributed by atoms with Crippen LogP contribution in [0.25, 0.3) is 0 Å². The molecule has 1 aliphatic carbocycles. The Balaban J connectivity index is 1.30. The largest absolute Gasteiger partial charge is 0.397 e. The van der Waals surface area contributed by atoms with Gasteiger partial charge in [-0.2, -0.15) is 0 Å². The Morgan fingerprint density at radius 1 is 1.07 bits per heavy atom. The van der Waals surface area contributed by atoms with Crippen LogP contribution in [-0.2, 0) is 0 Å². The first kappa shape index (κ1) is 19.4. The fourth-order valence-electron chi connectivity index (χ4n) is 4.17. The smallest absolute Gasteiger partial charge is 0.269 e. The molecule has 152 valence electrons. The maximum absolute atomic E-state index is 12.4. The van der Waals surface area contributed by atoms with Crippen LogP contribution in [0, 0.1) is 0 Å². The fraction of sp³-hybridized carbons (Fsp3) is 0.409. The number of pyridine rings is 1. The second-order valence-corrected chi connectivity index (χ2v) is 7.80. The molecular formula is C22H27N5O2. The molecule has 1 saturated heterocycles. The van der Waals surface area contributed by atoms with E-state index in [1.165, 1.54) is 31.9 Å². The Bertz CT molecular complexity index is 877. The van der Waals surface area contributed by atoms with Crippen molar-refractivity contribution in [2.75, 3.05) is 24.1 Å². The van der Waals surface area contributed by atoms with Gasteiger partial charge in [0.2, 0.25) is 0 Å². The molecule has 1 unspecified atom stereocenters. The van der Waals surface area contributed by atoms with E-state index < -0.39 is 0 Å². The number of nitrogens with zero attached hydrogens (tertiary/aromatic N) is 2. The Kier molecular flexibility index (Phi) is 5.76. The van der Waals surface area contributed by atoms with Crippen LogP contribution in [0.3, 0.4) is 0 Å². The van der Waals surface area contributed by atoms with Crippen molar-refractivity contribution < 1.29 is 9.59 Å². The van der Waals surface area contributed by atoms with Gasteiger partial charge in [0.15, 0.2) is 0 Å². The van der Waals surface area contributed by atoms with E-state index in [0.29, 0.717) is 41.3 Å². The lowest BCUT2D eigenvalue weighted by Gasteiger charge is -2.45. The lowest BCUT2D eigenvalue weighted by molar-refractivity contribution is 0.0425. The maximum atomic E-state index is 12.4. The zero-order valence-electron chi connectivity index (χ0n) is 16.4. The molecular weight excluding hydrogens is 366 g/mol. The molecule has 7 nitrogen and oxygen atoms in total. The molecule has 7 heteroatoms. The van der Waals surface area contributed by atoms with E-state index >= 15 is 0 Å². The minimum Gasteiger partial charge on any atom is -0.397 e. The number of hydrogen-bond acceptors (Lipinski definition) is 5. The summed E-state index contributed by atoms with van der Waals surface area (Å²) in [7, 11) is 0. The van der Waals surface area contributed by atoms with E-state index in [1.54, 1.807) is 36.4 Å². The van der Waals surface area contributed by atoms with Crippen LogP contribution in [0.5, 0.6) is 0 Å². The third-order valence-corrected chi connectivity index (χ3v) is 5.95. The summed E-state index contributed by atoms with van der Waals surface area (Å²) in [5.74, 6) is -0.522. The van der Waals surface area contributed by atoms with Crippen molar-refractivity contribution >= 4 is 23.2 Å². The summed E-state index contributed by atoms with van der Waals surface area (Å²) in [6, 6.07) is 11.4. The van der Waals surface area contributed by atoms with Gasteiger partial charge in [0.1, 0.15) is 5.69 Å². The second kappa shape index (κ2) is 8.61. The first-order valence-electron chi connectivity index (χ1n) is 10.3. The van der Waals surface area contributed by atoms with Gasteiger partial charge in [0, 0.05) is 31.4 Å². The third-order valence-electron chi connectivity index (χ3n) is 5.95. The van der Waals surface area contributed by atoms with Crippen molar-refractivity contribution in [3.63, 3.8) is 0 Å². The molecule has 2 amide bonds. The number of benzene rings is 1. The highest BCUT2D eigenvalue weighted by Gasteiger charge is 2.35. The molecule has 1 aliphatic heterocycles. The third kappa shape index (κ3) is 4.40. The average Bonchev–Trinajstić information content (AvgIpc) is 3.23. The number of likely N-dealkylation sites (tertiary alicyclic amines) is 1. The molecule has 0 radical (unpaired) electrons. The minimum atomic E-state index is -0.316. The van der Waals surface area contributed by atoms with Crippen LogP contribution in [0.2, 0.25) is 0 Å². The van der Waals surface area contributed by atoms with Crippen LogP contribution in [-0.4, -0.2) is 46.9 Å². The fourth-order valence-corrected chi connectivity index (χ4v) is 4.17.